The van der Waals surface area contributed by atoms with Crippen molar-refractivity contribution < 1.29 is 4.57 Å². The Balaban J connectivity index is 1.84. The van der Waals surface area contributed by atoms with Crippen molar-refractivity contribution in [2.45, 2.75) is 6.92 Å². The SMILES string of the molecule is Cc1ccc2c(c1-c1ncnc[n+]1C)-c1ccccc1-c1ccccc1-c1ccccc1-2. The maximum Gasteiger partial charge on any atom is 0.273 e. The molecule has 3 heteroatoms. The second-order valence-electron chi connectivity index (χ2n) is 8.26. The van der Waals surface area contributed by atoms with E-state index in [1.165, 1.54) is 50.1 Å². The van der Waals surface area contributed by atoms with Gasteiger partial charge in [0.05, 0.1) is 12.6 Å². The van der Waals surface area contributed by atoms with Gasteiger partial charge in [-0.2, -0.15) is 0 Å². The second-order valence-corrected chi connectivity index (χ2v) is 8.26. The van der Waals surface area contributed by atoms with Crippen LogP contribution in [-0.2, 0) is 7.05 Å². The monoisotopic (exact) mass is 412 g/mol. The summed E-state index contributed by atoms with van der Waals surface area (Å²) in [7, 11) is 2.01. The first-order valence-corrected chi connectivity index (χ1v) is 10.8. The van der Waals surface area contributed by atoms with E-state index in [1.54, 1.807) is 6.33 Å². The number of nitrogens with zero attached hydrogens (tertiary/aromatic N) is 3. The normalized spacial score (nSPS) is 11.4. The Bertz CT molecular complexity index is 1490. The summed E-state index contributed by atoms with van der Waals surface area (Å²) in [6.07, 6.45) is 3.45. The number of fused-ring (bicyclic) bond motifs is 8. The van der Waals surface area contributed by atoms with Gasteiger partial charge in [-0.25, -0.2) is 4.57 Å². The van der Waals surface area contributed by atoms with Crippen molar-refractivity contribution in [1.29, 1.82) is 0 Å². The van der Waals surface area contributed by atoms with Crippen molar-refractivity contribution in [2.24, 2.45) is 7.05 Å². The lowest BCUT2D eigenvalue weighted by Crippen LogP contribution is -2.32. The molecule has 0 unspecified atom stereocenters. The molecule has 5 aromatic rings. The molecule has 0 amide bonds. The molecule has 152 valence electrons. The highest BCUT2D eigenvalue weighted by atomic mass is 15.1. The molecule has 3 nitrogen and oxygen atoms in total. The third kappa shape index (κ3) is 2.71. The van der Waals surface area contributed by atoms with Gasteiger partial charge in [-0.15, -0.1) is 0 Å². The predicted molar refractivity (Wildman–Crippen MR) is 129 cm³/mol. The van der Waals surface area contributed by atoms with Crippen LogP contribution in [0.4, 0.5) is 0 Å². The molecule has 0 aliphatic heterocycles. The molecule has 0 spiro atoms. The van der Waals surface area contributed by atoms with Gasteiger partial charge in [-0.3, -0.25) is 0 Å². The Hall–Kier alpha value is -4.11. The van der Waals surface area contributed by atoms with Crippen LogP contribution in [0.2, 0.25) is 0 Å². The van der Waals surface area contributed by atoms with Crippen molar-refractivity contribution in [3.05, 3.63) is 103 Å². The lowest BCUT2D eigenvalue weighted by Gasteiger charge is -2.25. The molecule has 0 N–H and O–H groups in total. The number of aryl methyl sites for hydroxylation is 2. The number of hydrogen-bond donors (Lipinski definition) is 0. The van der Waals surface area contributed by atoms with E-state index in [1.807, 2.05) is 17.9 Å². The van der Waals surface area contributed by atoms with Gasteiger partial charge < -0.3 is 0 Å². The molecule has 6 rings (SSSR count). The second kappa shape index (κ2) is 7.24. The average molecular weight is 413 g/mol. The number of rotatable bonds is 1. The van der Waals surface area contributed by atoms with Crippen LogP contribution in [0.5, 0.6) is 0 Å². The minimum absolute atomic E-state index is 0.912. The largest absolute Gasteiger partial charge is 0.273 e. The molecular weight excluding hydrogens is 390 g/mol. The zero-order valence-corrected chi connectivity index (χ0v) is 18.1. The average Bonchev–Trinajstić information content (AvgIpc) is 2.84. The van der Waals surface area contributed by atoms with Gasteiger partial charge in [0.1, 0.15) is 0 Å². The van der Waals surface area contributed by atoms with Crippen LogP contribution in [0.1, 0.15) is 5.56 Å². The maximum absolute atomic E-state index is 4.70. The van der Waals surface area contributed by atoms with Gasteiger partial charge >= 0.3 is 0 Å². The molecule has 0 saturated carbocycles. The molecule has 32 heavy (non-hydrogen) atoms. The summed E-state index contributed by atoms with van der Waals surface area (Å²) in [5, 5.41) is 0. The van der Waals surface area contributed by atoms with Crippen molar-refractivity contribution in [3.63, 3.8) is 0 Å². The van der Waals surface area contributed by atoms with Gasteiger partial charge in [0.2, 0.25) is 6.33 Å². The predicted octanol–water partition coefficient (Wildman–Crippen LogP) is 6.26. The van der Waals surface area contributed by atoms with Gasteiger partial charge in [0, 0.05) is 5.56 Å². The molecular formula is C29H22N3+. The first-order chi connectivity index (χ1) is 15.7. The van der Waals surface area contributed by atoms with Crippen LogP contribution >= 0.6 is 0 Å². The van der Waals surface area contributed by atoms with Crippen LogP contribution in [0, 0.1) is 6.92 Å². The van der Waals surface area contributed by atoms with Gasteiger partial charge in [-0.1, -0.05) is 94.9 Å². The summed E-state index contributed by atoms with van der Waals surface area (Å²) in [6, 6.07) is 30.6. The van der Waals surface area contributed by atoms with E-state index in [-0.39, 0.29) is 0 Å². The lowest BCUT2D eigenvalue weighted by atomic mass is 9.78. The summed E-state index contributed by atoms with van der Waals surface area (Å²) in [5.74, 6) is 0.912. The van der Waals surface area contributed by atoms with Crippen LogP contribution in [0.25, 0.3) is 55.9 Å². The molecule has 0 radical (unpaired) electrons. The van der Waals surface area contributed by atoms with Gasteiger partial charge in [0.15, 0.2) is 0 Å². The summed E-state index contributed by atoms with van der Waals surface area (Å²) in [5.41, 5.74) is 12.2. The van der Waals surface area contributed by atoms with Crippen LogP contribution < -0.4 is 4.57 Å². The number of aromatic nitrogens is 3. The van der Waals surface area contributed by atoms with E-state index >= 15 is 0 Å². The zero-order valence-electron chi connectivity index (χ0n) is 18.1. The summed E-state index contributed by atoms with van der Waals surface area (Å²) < 4.78 is 2.00. The fraction of sp³-hybridized carbons (Fsp3) is 0.0690. The Labute approximate surface area is 187 Å². The molecule has 4 aromatic carbocycles. The fourth-order valence-corrected chi connectivity index (χ4v) is 4.95. The summed E-state index contributed by atoms with van der Waals surface area (Å²) in [6.45, 7) is 2.17. The third-order valence-corrected chi connectivity index (χ3v) is 6.38. The summed E-state index contributed by atoms with van der Waals surface area (Å²) in [4.78, 5) is 8.90. The lowest BCUT2D eigenvalue weighted by molar-refractivity contribution is -0.666. The van der Waals surface area contributed by atoms with E-state index in [0.717, 1.165) is 11.4 Å². The van der Waals surface area contributed by atoms with Crippen molar-refractivity contribution in [2.75, 3.05) is 0 Å². The highest BCUT2D eigenvalue weighted by Gasteiger charge is 2.27. The van der Waals surface area contributed by atoms with E-state index in [9.17, 15) is 0 Å². The van der Waals surface area contributed by atoms with E-state index in [4.69, 9.17) is 4.98 Å². The maximum atomic E-state index is 4.70. The van der Waals surface area contributed by atoms with Crippen molar-refractivity contribution in [1.82, 2.24) is 9.97 Å². The molecule has 0 bridgehead atoms. The van der Waals surface area contributed by atoms with Gasteiger partial charge in [-0.05, 0) is 51.4 Å². The van der Waals surface area contributed by atoms with Crippen molar-refractivity contribution in [3.8, 4) is 55.9 Å². The van der Waals surface area contributed by atoms with Gasteiger partial charge in [0.25, 0.3) is 12.2 Å². The highest BCUT2D eigenvalue weighted by molar-refractivity contribution is 6.06. The molecule has 0 atom stereocenters. The van der Waals surface area contributed by atoms with Crippen LogP contribution in [0.15, 0.2) is 97.6 Å². The minimum Gasteiger partial charge on any atom is -0.236 e. The Morgan fingerprint density at radius 3 is 1.62 bits per heavy atom. The number of benzene rings is 4. The van der Waals surface area contributed by atoms with E-state index < -0.39 is 0 Å². The standard InChI is InChI=1S/C29H22N3/c1-19-15-16-26-24-13-6-5-11-22(24)20-9-3-4-10-21(20)23-12-7-8-14-25(23)28(26)27(19)29-31-17-30-18-32(29)2/h3-18H,1-2H3/q+1. The van der Waals surface area contributed by atoms with Crippen molar-refractivity contribution >= 4 is 0 Å². The smallest absolute Gasteiger partial charge is 0.236 e. The summed E-state index contributed by atoms with van der Waals surface area (Å²) >= 11 is 0. The molecule has 1 aromatic heterocycles. The zero-order chi connectivity index (χ0) is 21.7. The molecule has 0 saturated heterocycles. The van der Waals surface area contributed by atoms with E-state index in [0.29, 0.717) is 0 Å². The minimum atomic E-state index is 0.912. The Morgan fingerprint density at radius 1 is 0.562 bits per heavy atom. The topological polar surface area (TPSA) is 29.7 Å². The molecule has 0 fully saturated rings. The van der Waals surface area contributed by atoms with Crippen LogP contribution in [0.3, 0.4) is 0 Å². The quantitative estimate of drug-likeness (QED) is 0.298. The highest BCUT2D eigenvalue weighted by Crippen LogP contribution is 2.50. The van der Waals surface area contributed by atoms with E-state index in [2.05, 4.69) is 96.8 Å². The van der Waals surface area contributed by atoms with Crippen LogP contribution in [-0.4, -0.2) is 9.97 Å². The molecule has 1 aliphatic carbocycles. The Morgan fingerprint density at radius 2 is 1.06 bits per heavy atom. The molecule has 1 aliphatic rings. The third-order valence-electron chi connectivity index (χ3n) is 6.38. The Kier molecular flexibility index (Phi) is 4.22. The molecule has 1 heterocycles. The number of hydrogen-bond acceptors (Lipinski definition) is 2. The fourth-order valence-electron chi connectivity index (χ4n) is 4.95. The first-order valence-electron chi connectivity index (χ1n) is 10.8. The first kappa shape index (κ1) is 18.6.